The number of carbonyl (C=O) groups is 1. The minimum Gasteiger partial charge on any atom is -0.393 e. The van der Waals surface area contributed by atoms with E-state index in [1.165, 1.54) is 29.9 Å². The van der Waals surface area contributed by atoms with Crippen LogP contribution in [-0.2, 0) is 17.3 Å². The monoisotopic (exact) mass is 517 g/mol. The molecule has 1 fully saturated rings. The smallest absolute Gasteiger partial charge is 0.393 e. The normalized spacial score (nSPS) is 23.9. The first-order valence-corrected chi connectivity index (χ1v) is 12.6. The largest absolute Gasteiger partial charge is 0.416 e. The van der Waals surface area contributed by atoms with Gasteiger partial charge in [0.1, 0.15) is 18.2 Å². The molecule has 3 aromatic rings. The quantitative estimate of drug-likeness (QED) is 0.445. The average molecular weight is 518 g/mol. The third-order valence-corrected chi connectivity index (χ3v) is 8.08. The number of ketones is 1. The van der Waals surface area contributed by atoms with E-state index >= 15 is 0 Å². The molecule has 1 aliphatic heterocycles. The Balaban J connectivity index is 1.44. The molecule has 0 bridgehead atoms. The molecule has 5 rings (SSSR count). The minimum atomic E-state index is -4.45. The van der Waals surface area contributed by atoms with Gasteiger partial charge in [0.15, 0.2) is 0 Å². The predicted molar refractivity (Wildman–Crippen MR) is 129 cm³/mol. The van der Waals surface area contributed by atoms with Crippen molar-refractivity contribution >= 4 is 22.9 Å². The summed E-state index contributed by atoms with van der Waals surface area (Å²) in [5.41, 5.74) is 1.57. The van der Waals surface area contributed by atoms with Gasteiger partial charge < -0.3 is 15.2 Å². The highest BCUT2D eigenvalue weighted by Gasteiger charge is 2.35. The van der Waals surface area contributed by atoms with Crippen molar-refractivity contribution in [1.82, 2.24) is 9.97 Å². The lowest BCUT2D eigenvalue weighted by atomic mass is 9.91. The van der Waals surface area contributed by atoms with Gasteiger partial charge in [0.25, 0.3) is 0 Å². The molecule has 4 atom stereocenters. The summed E-state index contributed by atoms with van der Waals surface area (Å²) in [6.45, 7) is 4.20. The zero-order valence-electron chi connectivity index (χ0n) is 19.8. The Hall–Kier alpha value is -2.82. The van der Waals surface area contributed by atoms with Crippen LogP contribution in [0, 0.1) is 12.8 Å². The van der Waals surface area contributed by atoms with Crippen LogP contribution in [0.1, 0.15) is 68.2 Å². The lowest BCUT2D eigenvalue weighted by molar-refractivity contribution is -0.137. The fourth-order valence-electron chi connectivity index (χ4n) is 5.03. The number of fused-ring (bicyclic) bond motifs is 1. The Labute approximate surface area is 210 Å². The molecule has 0 saturated heterocycles. The molecule has 6 nitrogen and oxygen atoms in total. The van der Waals surface area contributed by atoms with Crippen LogP contribution < -0.4 is 5.32 Å². The van der Waals surface area contributed by atoms with E-state index in [1.54, 1.807) is 6.07 Å². The van der Waals surface area contributed by atoms with Crippen molar-refractivity contribution in [2.75, 3.05) is 11.9 Å². The third-order valence-electron chi connectivity index (χ3n) is 7.01. The van der Waals surface area contributed by atoms with Crippen molar-refractivity contribution in [2.45, 2.75) is 57.5 Å². The van der Waals surface area contributed by atoms with E-state index in [1.807, 2.05) is 13.8 Å². The number of hydrogen-bond acceptors (Lipinski definition) is 7. The number of carbonyl (C=O) groups excluding carboxylic acids is 1. The van der Waals surface area contributed by atoms with Crippen LogP contribution in [-0.4, -0.2) is 39.6 Å². The Kier molecular flexibility index (Phi) is 6.61. The predicted octanol–water partition coefficient (Wildman–Crippen LogP) is 5.33. The molecule has 36 heavy (non-hydrogen) atoms. The van der Waals surface area contributed by atoms with E-state index in [9.17, 15) is 23.1 Å². The van der Waals surface area contributed by atoms with E-state index < -0.39 is 23.9 Å². The zero-order chi connectivity index (χ0) is 25.6. The molecule has 1 aromatic carbocycles. The van der Waals surface area contributed by atoms with Crippen LogP contribution in [0.5, 0.6) is 0 Å². The first kappa shape index (κ1) is 24.9. The Morgan fingerprint density at radius 3 is 2.75 bits per heavy atom. The Morgan fingerprint density at radius 2 is 2.03 bits per heavy atom. The summed E-state index contributed by atoms with van der Waals surface area (Å²) in [5.74, 6) is 0.286. The number of aromatic nitrogens is 2. The molecule has 0 radical (unpaired) electrons. The third kappa shape index (κ3) is 4.77. The van der Waals surface area contributed by atoms with Crippen LogP contribution in [0.2, 0.25) is 0 Å². The van der Waals surface area contributed by atoms with Gasteiger partial charge in [0.05, 0.1) is 28.7 Å². The van der Waals surface area contributed by atoms with Gasteiger partial charge in [0.2, 0.25) is 5.78 Å². The summed E-state index contributed by atoms with van der Waals surface area (Å²) in [4.78, 5) is 23.0. The van der Waals surface area contributed by atoms with Crippen LogP contribution in [0.3, 0.4) is 0 Å². The molecular formula is C26H26F3N3O3S. The number of aliphatic hydroxyl groups is 1. The number of alkyl halides is 3. The van der Waals surface area contributed by atoms with Crippen LogP contribution in [0.15, 0.2) is 36.8 Å². The SMILES string of the molecule is Cc1sc(C(=O)c2cncnc2N[C@@H]2C[C@@H](C)[C@H](O)C2)cc1[C@@H]1OCCc2ccc(C(F)(F)F)cc21. The molecule has 1 aliphatic carbocycles. The lowest BCUT2D eigenvalue weighted by Gasteiger charge is -2.27. The first-order valence-electron chi connectivity index (χ1n) is 11.8. The summed E-state index contributed by atoms with van der Waals surface area (Å²) < 4.78 is 46.1. The lowest BCUT2D eigenvalue weighted by Crippen LogP contribution is -2.20. The van der Waals surface area contributed by atoms with E-state index in [-0.39, 0.29) is 17.7 Å². The van der Waals surface area contributed by atoms with Crippen LogP contribution >= 0.6 is 11.3 Å². The molecule has 10 heteroatoms. The zero-order valence-corrected chi connectivity index (χ0v) is 20.6. The second-order valence-electron chi connectivity index (χ2n) is 9.51. The highest BCUT2D eigenvalue weighted by Crippen LogP contribution is 2.41. The maximum Gasteiger partial charge on any atom is 0.416 e. The van der Waals surface area contributed by atoms with Gasteiger partial charge >= 0.3 is 6.18 Å². The van der Waals surface area contributed by atoms with Gasteiger partial charge in [-0.3, -0.25) is 4.79 Å². The van der Waals surface area contributed by atoms with Crippen molar-refractivity contribution in [3.8, 4) is 0 Å². The van der Waals surface area contributed by atoms with Crippen molar-refractivity contribution in [2.24, 2.45) is 5.92 Å². The number of hydrogen-bond donors (Lipinski definition) is 2. The number of benzene rings is 1. The molecule has 2 aliphatic rings. The second-order valence-corrected chi connectivity index (χ2v) is 10.8. The van der Waals surface area contributed by atoms with Crippen molar-refractivity contribution in [3.63, 3.8) is 0 Å². The summed E-state index contributed by atoms with van der Waals surface area (Å²) in [6, 6.07) is 5.47. The van der Waals surface area contributed by atoms with Gasteiger partial charge in [-0.1, -0.05) is 13.0 Å². The molecule has 190 valence electrons. The van der Waals surface area contributed by atoms with Crippen molar-refractivity contribution in [1.29, 1.82) is 0 Å². The highest BCUT2D eigenvalue weighted by atomic mass is 32.1. The average Bonchev–Trinajstić information content (AvgIpc) is 3.38. The number of thiophene rings is 1. The molecular weight excluding hydrogens is 491 g/mol. The van der Waals surface area contributed by atoms with Crippen LogP contribution in [0.4, 0.5) is 19.0 Å². The summed E-state index contributed by atoms with van der Waals surface area (Å²) >= 11 is 1.27. The number of anilines is 1. The van der Waals surface area contributed by atoms with Gasteiger partial charge in [0, 0.05) is 17.1 Å². The number of nitrogens with zero attached hydrogens (tertiary/aromatic N) is 2. The number of ether oxygens (including phenoxy) is 1. The van der Waals surface area contributed by atoms with E-state index in [0.717, 1.165) is 29.0 Å². The molecule has 2 N–H and O–H groups in total. The van der Waals surface area contributed by atoms with Gasteiger partial charge in [-0.2, -0.15) is 13.2 Å². The number of nitrogens with one attached hydrogen (secondary N) is 1. The number of rotatable bonds is 5. The Morgan fingerprint density at radius 1 is 1.22 bits per heavy atom. The highest BCUT2D eigenvalue weighted by molar-refractivity contribution is 7.14. The summed E-state index contributed by atoms with van der Waals surface area (Å²) in [6.07, 6.45) is -0.844. The summed E-state index contributed by atoms with van der Waals surface area (Å²) in [5, 5.41) is 13.4. The van der Waals surface area contributed by atoms with E-state index in [2.05, 4.69) is 15.3 Å². The summed E-state index contributed by atoms with van der Waals surface area (Å²) in [7, 11) is 0. The molecule has 3 heterocycles. The topological polar surface area (TPSA) is 84.3 Å². The van der Waals surface area contributed by atoms with Gasteiger partial charge in [-0.25, -0.2) is 9.97 Å². The second kappa shape index (κ2) is 9.57. The molecule has 1 saturated carbocycles. The minimum absolute atomic E-state index is 0.00736. The molecule has 0 unspecified atom stereocenters. The number of aliphatic hydroxyl groups excluding tert-OH is 1. The fraction of sp³-hybridized carbons (Fsp3) is 0.423. The van der Waals surface area contributed by atoms with Crippen molar-refractivity contribution < 1.29 is 27.8 Å². The maximum atomic E-state index is 13.5. The van der Waals surface area contributed by atoms with Crippen molar-refractivity contribution in [3.05, 3.63) is 74.4 Å². The first-order chi connectivity index (χ1) is 17.1. The fourth-order valence-corrected chi connectivity index (χ4v) is 6.03. The standard InChI is InChI=1S/C26H26F3N3O3S/c1-13-7-17(9-21(13)33)32-25-20(11-30-12-31-25)23(34)22-10-18(14(2)36-22)24-19-8-16(26(27,28)29)4-3-15(19)5-6-35-24/h3-4,8,10-13,17,21,24,33H,5-7,9H2,1-2H3,(H,30,31,32)/t13-,17-,21-,24+/m1/s1. The maximum absolute atomic E-state index is 13.5. The molecule has 0 spiro atoms. The number of aryl methyl sites for hydroxylation is 1. The van der Waals surface area contributed by atoms with Crippen LogP contribution in [0.25, 0.3) is 0 Å². The Bertz CT molecular complexity index is 1280. The molecule has 0 amide bonds. The van der Waals surface area contributed by atoms with Gasteiger partial charge in [-0.05, 0) is 67.0 Å². The molecule has 2 aromatic heterocycles. The van der Waals surface area contributed by atoms with E-state index in [0.29, 0.717) is 46.8 Å². The van der Waals surface area contributed by atoms with E-state index in [4.69, 9.17) is 4.74 Å². The number of halogens is 3. The van der Waals surface area contributed by atoms with Gasteiger partial charge in [-0.15, -0.1) is 11.3 Å².